The molecule has 0 fully saturated rings. The van der Waals surface area contributed by atoms with E-state index in [0.717, 1.165) is 0 Å². The fourth-order valence-electron chi connectivity index (χ4n) is 0.340. The summed E-state index contributed by atoms with van der Waals surface area (Å²) < 4.78 is 4.75. The monoisotopic (exact) mass is 251 g/mol. The van der Waals surface area contributed by atoms with Crippen LogP contribution in [0, 0.1) is 0 Å². The van der Waals surface area contributed by atoms with Crippen molar-refractivity contribution in [2.45, 2.75) is 32.9 Å². The first-order chi connectivity index (χ1) is 5.45. The molecule has 0 heterocycles. The van der Waals surface area contributed by atoms with Gasteiger partial charge in [-0.2, -0.15) is 0 Å². The highest BCUT2D eigenvalue weighted by Crippen LogP contribution is 1.90. The molecule has 0 aromatic rings. The van der Waals surface area contributed by atoms with Gasteiger partial charge in [-0.1, -0.05) is 0 Å². The largest absolute Gasteiger partial charge is 0.462 e. The Labute approximate surface area is 95.3 Å². The van der Waals surface area contributed by atoms with E-state index in [-0.39, 0.29) is 29.8 Å². The highest BCUT2D eigenvalue weighted by molar-refractivity contribution is 6.40. The Kier molecular flexibility index (Phi) is 17.9. The Morgan fingerprint density at radius 1 is 1.38 bits per heavy atom. The molecular formula is C7H16Cl3NO2. The van der Waals surface area contributed by atoms with Gasteiger partial charge in [0.05, 0.1) is 11.4 Å². The van der Waals surface area contributed by atoms with Crippen LogP contribution in [-0.4, -0.2) is 23.5 Å². The Bertz CT molecular complexity index is 120. The van der Waals surface area contributed by atoms with Crippen LogP contribution in [0.15, 0.2) is 0 Å². The first-order valence-corrected chi connectivity index (χ1v) is 4.60. The third-order valence-electron chi connectivity index (χ3n) is 0.724. The molecule has 0 aliphatic heterocycles. The van der Waals surface area contributed by atoms with E-state index in [9.17, 15) is 4.79 Å². The van der Waals surface area contributed by atoms with Crippen LogP contribution < -0.4 is 5.73 Å². The summed E-state index contributed by atoms with van der Waals surface area (Å²) in [5, 5.41) is 0.194. The second kappa shape index (κ2) is 12.3. The number of carbonyl (C=O) groups is 1. The number of halogens is 3. The third-order valence-corrected chi connectivity index (χ3v) is 0.724. The van der Waals surface area contributed by atoms with Crippen LogP contribution >= 0.6 is 35.6 Å². The van der Waals surface area contributed by atoms with Gasteiger partial charge in [0.15, 0.2) is 0 Å². The van der Waals surface area contributed by atoms with E-state index in [1.54, 1.807) is 20.8 Å². The van der Waals surface area contributed by atoms with Crippen LogP contribution in [0.4, 0.5) is 0 Å². The zero-order valence-corrected chi connectivity index (χ0v) is 10.2. The summed E-state index contributed by atoms with van der Waals surface area (Å²) in [4.78, 5) is 10.6. The van der Waals surface area contributed by atoms with Crippen LogP contribution in [0.5, 0.6) is 0 Å². The lowest BCUT2D eigenvalue weighted by molar-refractivity contribution is -0.148. The van der Waals surface area contributed by atoms with Crippen molar-refractivity contribution in [1.82, 2.24) is 0 Å². The van der Waals surface area contributed by atoms with Crippen molar-refractivity contribution in [2.24, 2.45) is 5.73 Å². The van der Waals surface area contributed by atoms with Gasteiger partial charge in [0.2, 0.25) is 0 Å². The average Bonchev–Trinajstić information content (AvgIpc) is 1.87. The molecule has 2 N–H and O–H groups in total. The third kappa shape index (κ3) is 18.9. The Balaban J connectivity index is -0.000000220. The van der Waals surface area contributed by atoms with Gasteiger partial charge in [0, 0.05) is 0 Å². The molecule has 1 unspecified atom stereocenters. The minimum Gasteiger partial charge on any atom is -0.462 e. The van der Waals surface area contributed by atoms with Crippen LogP contribution in [0.1, 0.15) is 20.8 Å². The molecule has 0 aromatic heterocycles. The average molecular weight is 253 g/mol. The summed E-state index contributed by atoms with van der Waals surface area (Å²) in [5.74, 6) is -0.343. The van der Waals surface area contributed by atoms with Crippen molar-refractivity contribution < 1.29 is 9.53 Å². The van der Waals surface area contributed by atoms with Crippen molar-refractivity contribution >= 4 is 41.6 Å². The van der Waals surface area contributed by atoms with E-state index in [0.29, 0.717) is 0 Å². The minimum absolute atomic E-state index is 0. The lowest BCUT2D eigenvalue weighted by Gasteiger charge is -2.08. The van der Waals surface area contributed by atoms with Gasteiger partial charge in [-0.3, -0.25) is 4.79 Å². The van der Waals surface area contributed by atoms with Crippen molar-refractivity contribution in [3.05, 3.63) is 0 Å². The zero-order chi connectivity index (χ0) is 10.1. The van der Waals surface area contributed by atoms with E-state index in [4.69, 9.17) is 33.7 Å². The fourth-order valence-corrected chi connectivity index (χ4v) is 0.340. The molecule has 3 nitrogen and oxygen atoms in total. The first-order valence-electron chi connectivity index (χ1n) is 3.53. The number of esters is 1. The molecule has 0 saturated carbocycles. The Morgan fingerprint density at radius 2 is 1.69 bits per heavy atom. The number of hydrogen-bond donors (Lipinski definition) is 1. The number of hydrogen-bond acceptors (Lipinski definition) is 3. The maximum absolute atomic E-state index is 10.6. The normalized spacial score (nSPS) is 10.7. The molecule has 0 amide bonds. The lowest BCUT2D eigenvalue weighted by Crippen LogP contribution is -2.30. The van der Waals surface area contributed by atoms with Crippen molar-refractivity contribution in [3.63, 3.8) is 0 Å². The molecule has 0 aromatic carbocycles. The van der Waals surface area contributed by atoms with Gasteiger partial charge in [-0.25, -0.2) is 0 Å². The van der Waals surface area contributed by atoms with E-state index in [2.05, 4.69) is 0 Å². The number of ether oxygens (including phenoxy) is 1. The second-order valence-corrected chi connectivity index (χ2v) is 3.18. The molecule has 0 saturated heterocycles. The van der Waals surface area contributed by atoms with E-state index < -0.39 is 6.04 Å². The lowest BCUT2D eigenvalue weighted by atomic mass is 10.4. The molecule has 13 heavy (non-hydrogen) atoms. The van der Waals surface area contributed by atoms with Crippen molar-refractivity contribution in [3.8, 4) is 0 Å². The van der Waals surface area contributed by atoms with E-state index in [1.165, 1.54) is 0 Å². The quantitative estimate of drug-likeness (QED) is 0.605. The van der Waals surface area contributed by atoms with Gasteiger partial charge in [-0.15, -0.1) is 35.6 Å². The van der Waals surface area contributed by atoms with Crippen molar-refractivity contribution in [1.29, 1.82) is 0 Å². The molecule has 0 radical (unpaired) electrons. The SMILES string of the molecule is CC(C)OC(=O)C(C)N.Cl.ClCCl. The van der Waals surface area contributed by atoms with Gasteiger partial charge in [0.25, 0.3) is 0 Å². The van der Waals surface area contributed by atoms with Gasteiger partial charge >= 0.3 is 5.97 Å². The van der Waals surface area contributed by atoms with Crippen LogP contribution in [0.2, 0.25) is 0 Å². The van der Waals surface area contributed by atoms with Gasteiger partial charge in [-0.05, 0) is 20.8 Å². The standard InChI is InChI=1S/C6H13NO2.CH2Cl2.ClH/c1-4(2)9-6(8)5(3)7;2-1-3;/h4-5H,7H2,1-3H3;1H2;1H. The summed E-state index contributed by atoms with van der Waals surface area (Å²) in [7, 11) is 0. The molecule has 1 atom stereocenters. The van der Waals surface area contributed by atoms with Crippen LogP contribution in [-0.2, 0) is 9.53 Å². The summed E-state index contributed by atoms with van der Waals surface area (Å²) >= 11 is 9.53. The Morgan fingerprint density at radius 3 is 1.77 bits per heavy atom. The summed E-state index contributed by atoms with van der Waals surface area (Å²) in [6, 6.07) is -0.507. The first kappa shape index (κ1) is 19.0. The van der Waals surface area contributed by atoms with E-state index in [1.807, 2.05) is 0 Å². The molecule has 0 aliphatic carbocycles. The number of alkyl halides is 2. The highest BCUT2D eigenvalue weighted by Gasteiger charge is 2.09. The van der Waals surface area contributed by atoms with Gasteiger partial charge < -0.3 is 10.5 Å². The molecule has 0 bridgehead atoms. The fraction of sp³-hybridized carbons (Fsp3) is 0.857. The smallest absolute Gasteiger partial charge is 0.322 e. The Hall–Kier alpha value is 0.300. The molecule has 82 valence electrons. The summed E-state index contributed by atoms with van der Waals surface area (Å²) in [6.07, 6.45) is -0.0662. The predicted octanol–water partition coefficient (Wildman–Crippen LogP) is 2.13. The molecule has 6 heteroatoms. The second-order valence-electron chi connectivity index (χ2n) is 2.38. The molecule has 0 rings (SSSR count). The predicted molar refractivity (Wildman–Crippen MR) is 58.7 cm³/mol. The highest BCUT2D eigenvalue weighted by atomic mass is 35.5. The topological polar surface area (TPSA) is 52.3 Å². The van der Waals surface area contributed by atoms with Crippen molar-refractivity contribution in [2.75, 3.05) is 5.34 Å². The molecule has 0 spiro atoms. The minimum atomic E-state index is -0.507. The zero-order valence-electron chi connectivity index (χ0n) is 7.92. The maximum Gasteiger partial charge on any atom is 0.322 e. The van der Waals surface area contributed by atoms with Crippen LogP contribution in [0.25, 0.3) is 0 Å². The number of carbonyl (C=O) groups excluding carboxylic acids is 1. The molecular weight excluding hydrogens is 236 g/mol. The summed E-state index contributed by atoms with van der Waals surface area (Å²) in [6.45, 7) is 5.19. The maximum atomic E-state index is 10.6. The molecule has 0 aliphatic rings. The number of nitrogens with two attached hydrogens (primary N) is 1. The van der Waals surface area contributed by atoms with Crippen LogP contribution in [0.3, 0.4) is 0 Å². The van der Waals surface area contributed by atoms with Gasteiger partial charge in [0.1, 0.15) is 6.04 Å². The van der Waals surface area contributed by atoms with E-state index >= 15 is 0 Å². The summed E-state index contributed by atoms with van der Waals surface area (Å²) in [5.41, 5.74) is 5.21. The number of rotatable bonds is 2.